The number of nitrogens with zero attached hydrogens (tertiary/aromatic N) is 1. The van der Waals surface area contributed by atoms with E-state index in [9.17, 15) is 9.59 Å². The number of nitrogens with one attached hydrogen (secondary N) is 2. The number of hydrogen-bond acceptors (Lipinski definition) is 3. The van der Waals surface area contributed by atoms with Crippen LogP contribution < -0.4 is 11.0 Å². The molecule has 1 amide bonds. The number of allylic oxidation sites excluding steroid dienone is 1. The molecule has 2 atom stereocenters. The average molecular weight is 343 g/mol. The predicted molar refractivity (Wildman–Crippen MR) is 98.6 cm³/mol. The number of aromatic amines is 1. The first-order valence-corrected chi connectivity index (χ1v) is 9.18. The molecular weight excluding hydrogens is 314 g/mol. The zero-order chi connectivity index (χ0) is 18.4. The minimum Gasteiger partial charge on any atom is -0.350 e. The van der Waals surface area contributed by atoms with Gasteiger partial charge in [0, 0.05) is 17.7 Å². The van der Waals surface area contributed by atoms with Crippen molar-refractivity contribution in [3.8, 4) is 0 Å². The summed E-state index contributed by atoms with van der Waals surface area (Å²) >= 11 is 0. The van der Waals surface area contributed by atoms with Crippen molar-refractivity contribution in [3.05, 3.63) is 39.6 Å². The van der Waals surface area contributed by atoms with E-state index in [2.05, 4.69) is 35.2 Å². The van der Waals surface area contributed by atoms with Gasteiger partial charge in [-0.1, -0.05) is 46.3 Å². The Morgan fingerprint density at radius 1 is 1.40 bits per heavy atom. The SMILES string of the molecule is CC(C)(C)c1cc(C(=O)NCCC2=CC[C@H]3C[C@@H]2C3(C)C)nc(=O)[nH]1. The zero-order valence-corrected chi connectivity index (χ0v) is 15.9. The third-order valence-electron chi connectivity index (χ3n) is 6.07. The van der Waals surface area contributed by atoms with Crippen molar-refractivity contribution >= 4 is 5.91 Å². The van der Waals surface area contributed by atoms with Crippen molar-refractivity contribution in [2.24, 2.45) is 17.3 Å². The Morgan fingerprint density at radius 2 is 2.12 bits per heavy atom. The van der Waals surface area contributed by atoms with E-state index in [0.29, 0.717) is 17.9 Å². The van der Waals surface area contributed by atoms with E-state index in [0.717, 1.165) is 24.5 Å². The summed E-state index contributed by atoms with van der Waals surface area (Å²) in [5, 5.41) is 2.92. The van der Waals surface area contributed by atoms with Gasteiger partial charge in [0.1, 0.15) is 5.69 Å². The van der Waals surface area contributed by atoms with E-state index in [4.69, 9.17) is 0 Å². The Kier molecular flexibility index (Phi) is 4.38. The van der Waals surface area contributed by atoms with Gasteiger partial charge in [0.25, 0.3) is 5.91 Å². The van der Waals surface area contributed by atoms with Gasteiger partial charge in [0.2, 0.25) is 0 Å². The molecule has 0 saturated heterocycles. The molecule has 1 heterocycles. The van der Waals surface area contributed by atoms with Crippen LogP contribution in [0, 0.1) is 17.3 Å². The second-order valence-electron chi connectivity index (χ2n) is 9.06. The highest BCUT2D eigenvalue weighted by atomic mass is 16.2. The molecule has 2 N–H and O–H groups in total. The third-order valence-corrected chi connectivity index (χ3v) is 6.07. The van der Waals surface area contributed by atoms with Crippen molar-refractivity contribution in [1.29, 1.82) is 0 Å². The van der Waals surface area contributed by atoms with Crippen LogP contribution in [0.2, 0.25) is 0 Å². The second kappa shape index (κ2) is 6.11. The predicted octanol–water partition coefficient (Wildman–Crippen LogP) is 3.18. The third kappa shape index (κ3) is 3.42. The van der Waals surface area contributed by atoms with Gasteiger partial charge in [-0.05, 0) is 42.6 Å². The minimum absolute atomic E-state index is 0.190. The normalized spacial score (nSPS) is 24.3. The summed E-state index contributed by atoms with van der Waals surface area (Å²) in [6.07, 6.45) is 5.69. The summed E-state index contributed by atoms with van der Waals surface area (Å²) in [7, 11) is 0. The van der Waals surface area contributed by atoms with E-state index in [-0.39, 0.29) is 17.0 Å². The fourth-order valence-corrected chi connectivity index (χ4v) is 4.15. The number of carbonyl (C=O) groups is 1. The van der Waals surface area contributed by atoms with Gasteiger partial charge >= 0.3 is 5.69 Å². The van der Waals surface area contributed by atoms with E-state index in [1.165, 1.54) is 12.0 Å². The lowest BCUT2D eigenvalue weighted by molar-refractivity contribution is -0.00811. The second-order valence-corrected chi connectivity index (χ2v) is 9.06. The maximum Gasteiger partial charge on any atom is 0.345 e. The molecule has 4 rings (SSSR count). The molecular formula is C20H29N3O2. The van der Waals surface area contributed by atoms with Crippen molar-refractivity contribution in [2.75, 3.05) is 6.54 Å². The molecule has 3 aliphatic carbocycles. The number of hydrogen-bond donors (Lipinski definition) is 2. The maximum absolute atomic E-state index is 12.4. The van der Waals surface area contributed by atoms with E-state index >= 15 is 0 Å². The number of amides is 1. The van der Waals surface area contributed by atoms with Crippen LogP contribution in [0.5, 0.6) is 0 Å². The lowest BCUT2D eigenvalue weighted by atomic mass is 9.48. The van der Waals surface area contributed by atoms with Gasteiger partial charge in [0.05, 0.1) is 0 Å². The average Bonchev–Trinajstić information content (AvgIpc) is 2.53. The highest BCUT2D eigenvalue weighted by Crippen LogP contribution is 2.59. The van der Waals surface area contributed by atoms with Gasteiger partial charge in [0.15, 0.2) is 0 Å². The van der Waals surface area contributed by atoms with Crippen LogP contribution in [0.3, 0.4) is 0 Å². The maximum atomic E-state index is 12.4. The smallest absolute Gasteiger partial charge is 0.345 e. The highest BCUT2D eigenvalue weighted by Gasteiger charge is 2.50. The molecule has 25 heavy (non-hydrogen) atoms. The van der Waals surface area contributed by atoms with Crippen LogP contribution in [0.15, 0.2) is 22.5 Å². The van der Waals surface area contributed by atoms with Crippen LogP contribution in [0.25, 0.3) is 0 Å². The van der Waals surface area contributed by atoms with Crippen LogP contribution in [-0.2, 0) is 5.41 Å². The summed E-state index contributed by atoms with van der Waals surface area (Å²) in [4.78, 5) is 30.7. The van der Waals surface area contributed by atoms with E-state index < -0.39 is 5.69 Å². The van der Waals surface area contributed by atoms with Crippen molar-refractivity contribution in [3.63, 3.8) is 0 Å². The summed E-state index contributed by atoms with van der Waals surface area (Å²) in [5.41, 5.74) is 2.07. The first-order chi connectivity index (χ1) is 11.6. The molecule has 0 spiro atoms. The lowest BCUT2D eigenvalue weighted by Gasteiger charge is -2.56. The van der Waals surface area contributed by atoms with E-state index in [1.54, 1.807) is 6.07 Å². The molecule has 1 fully saturated rings. The standard InChI is InChI=1S/C20H29N3O2/c1-19(2,3)16-11-15(22-18(25)23-16)17(24)21-9-8-12-6-7-13-10-14(12)20(13,4)5/h6,11,13-14H,7-10H2,1-5H3,(H,21,24)(H,22,23,25)/t13-,14-/m0/s1. The lowest BCUT2D eigenvalue weighted by Crippen LogP contribution is -2.48. The Bertz CT molecular complexity index is 768. The number of H-pyrrole nitrogens is 1. The number of fused-ring (bicyclic) bond motifs is 1. The van der Waals surface area contributed by atoms with Crippen LogP contribution in [-0.4, -0.2) is 22.4 Å². The number of carbonyl (C=O) groups excluding carboxylic acids is 1. The minimum atomic E-state index is -0.477. The van der Waals surface area contributed by atoms with Crippen LogP contribution >= 0.6 is 0 Å². The fraction of sp³-hybridized carbons (Fsp3) is 0.650. The highest BCUT2D eigenvalue weighted by molar-refractivity contribution is 5.92. The molecule has 1 aromatic rings. The summed E-state index contributed by atoms with van der Waals surface area (Å²) in [6, 6.07) is 1.68. The summed E-state index contributed by atoms with van der Waals surface area (Å²) < 4.78 is 0. The molecule has 3 aliphatic rings. The topological polar surface area (TPSA) is 74.8 Å². The fourth-order valence-electron chi connectivity index (χ4n) is 4.15. The molecule has 0 radical (unpaired) electrons. The van der Waals surface area contributed by atoms with Gasteiger partial charge in [-0.2, -0.15) is 4.98 Å². The molecule has 1 saturated carbocycles. The van der Waals surface area contributed by atoms with Gasteiger partial charge in [-0.25, -0.2) is 4.79 Å². The Balaban J connectivity index is 1.61. The van der Waals surface area contributed by atoms with Gasteiger partial charge in [-0.3, -0.25) is 4.79 Å². The first kappa shape index (κ1) is 17.9. The van der Waals surface area contributed by atoms with Crippen molar-refractivity contribution in [1.82, 2.24) is 15.3 Å². The summed E-state index contributed by atoms with van der Waals surface area (Å²) in [5.74, 6) is 1.21. The first-order valence-electron chi connectivity index (χ1n) is 9.18. The molecule has 2 bridgehead atoms. The number of aromatic nitrogens is 2. The molecule has 1 aromatic heterocycles. The molecule has 0 unspecified atom stereocenters. The van der Waals surface area contributed by atoms with Crippen molar-refractivity contribution in [2.45, 2.75) is 59.3 Å². The summed E-state index contributed by atoms with van der Waals surface area (Å²) in [6.45, 7) is 11.3. The van der Waals surface area contributed by atoms with Crippen LogP contribution in [0.4, 0.5) is 0 Å². The molecule has 5 nitrogen and oxygen atoms in total. The number of rotatable bonds is 4. The monoisotopic (exact) mass is 343 g/mol. The quantitative estimate of drug-likeness (QED) is 0.825. The zero-order valence-electron chi connectivity index (χ0n) is 15.9. The van der Waals surface area contributed by atoms with Gasteiger partial charge < -0.3 is 10.3 Å². The molecule has 136 valence electrons. The Labute approximate surface area is 149 Å². The Morgan fingerprint density at radius 3 is 2.72 bits per heavy atom. The van der Waals surface area contributed by atoms with E-state index in [1.807, 2.05) is 20.8 Å². The van der Waals surface area contributed by atoms with Crippen molar-refractivity contribution < 1.29 is 4.79 Å². The Hall–Kier alpha value is -1.91. The molecule has 0 aliphatic heterocycles. The molecule has 5 heteroatoms. The largest absolute Gasteiger partial charge is 0.350 e. The molecule has 0 aromatic carbocycles. The van der Waals surface area contributed by atoms with Gasteiger partial charge in [-0.15, -0.1) is 0 Å². The van der Waals surface area contributed by atoms with Crippen LogP contribution in [0.1, 0.15) is 70.1 Å².